The molecule has 0 spiro atoms. The molecule has 1 aliphatic rings. The summed E-state index contributed by atoms with van der Waals surface area (Å²) in [5.74, 6) is -0.429. The van der Waals surface area contributed by atoms with Gasteiger partial charge in [0.15, 0.2) is 0 Å². The van der Waals surface area contributed by atoms with E-state index in [2.05, 4.69) is 20.4 Å². The maximum atomic E-state index is 11.5. The highest BCUT2D eigenvalue weighted by molar-refractivity contribution is 6.06. The summed E-state index contributed by atoms with van der Waals surface area (Å²) in [5.41, 5.74) is 7.66. The van der Waals surface area contributed by atoms with E-state index in [1.54, 1.807) is 6.20 Å². The molecular weight excluding hydrogens is 230 g/mol. The van der Waals surface area contributed by atoms with E-state index in [0.29, 0.717) is 11.1 Å². The number of hydrogen-bond donors (Lipinski definition) is 3. The minimum Gasteiger partial charge on any atom is -0.369 e. The summed E-state index contributed by atoms with van der Waals surface area (Å²) in [6, 6.07) is 3.88. The molecule has 4 N–H and O–H groups in total. The summed E-state index contributed by atoms with van der Waals surface area (Å²) < 4.78 is 0. The van der Waals surface area contributed by atoms with Crippen LogP contribution in [0.5, 0.6) is 0 Å². The van der Waals surface area contributed by atoms with Crippen LogP contribution >= 0.6 is 0 Å². The molecule has 6 nitrogen and oxygen atoms in total. The molecule has 1 aliphatic heterocycles. The van der Waals surface area contributed by atoms with E-state index >= 15 is 0 Å². The maximum Gasteiger partial charge on any atom is 0.250 e. The van der Waals surface area contributed by atoms with Gasteiger partial charge in [-0.2, -0.15) is 5.10 Å². The topological polar surface area (TPSA) is 87.0 Å². The number of amides is 1. The lowest BCUT2D eigenvalue weighted by atomic mass is 10.1. The Bertz CT molecular complexity index is 585. The molecule has 6 heteroatoms. The van der Waals surface area contributed by atoms with Crippen molar-refractivity contribution in [2.24, 2.45) is 5.73 Å². The fourth-order valence-electron chi connectivity index (χ4n) is 2.34. The zero-order valence-electron chi connectivity index (χ0n) is 9.94. The van der Waals surface area contributed by atoms with Gasteiger partial charge in [-0.3, -0.25) is 9.89 Å². The van der Waals surface area contributed by atoms with Crippen LogP contribution in [0.25, 0.3) is 10.9 Å². The van der Waals surface area contributed by atoms with E-state index in [1.807, 2.05) is 12.1 Å². The van der Waals surface area contributed by atoms with Crippen LogP contribution in [0.2, 0.25) is 0 Å². The van der Waals surface area contributed by atoms with Crippen molar-refractivity contribution in [2.45, 2.75) is 0 Å². The van der Waals surface area contributed by atoms with Crippen LogP contribution in [0.1, 0.15) is 10.4 Å². The van der Waals surface area contributed by atoms with E-state index < -0.39 is 5.91 Å². The van der Waals surface area contributed by atoms with Crippen molar-refractivity contribution in [1.29, 1.82) is 0 Å². The molecule has 0 atom stereocenters. The number of hydrogen-bond acceptors (Lipinski definition) is 4. The second-order valence-electron chi connectivity index (χ2n) is 4.43. The molecule has 1 aromatic carbocycles. The molecule has 0 saturated carbocycles. The van der Waals surface area contributed by atoms with Crippen molar-refractivity contribution in [3.05, 3.63) is 23.9 Å². The summed E-state index contributed by atoms with van der Waals surface area (Å²) in [4.78, 5) is 13.7. The lowest BCUT2D eigenvalue weighted by molar-refractivity contribution is 0.100. The van der Waals surface area contributed by atoms with Gasteiger partial charge in [0.25, 0.3) is 5.91 Å². The van der Waals surface area contributed by atoms with Crippen LogP contribution in [0.4, 0.5) is 5.69 Å². The fraction of sp³-hybridized carbons (Fsp3) is 0.333. The molecule has 1 saturated heterocycles. The fourth-order valence-corrected chi connectivity index (χ4v) is 2.34. The van der Waals surface area contributed by atoms with E-state index in [-0.39, 0.29) is 0 Å². The van der Waals surface area contributed by atoms with Crippen LogP contribution in [-0.2, 0) is 0 Å². The van der Waals surface area contributed by atoms with Crippen molar-refractivity contribution in [1.82, 2.24) is 15.5 Å². The van der Waals surface area contributed by atoms with Crippen LogP contribution in [0.3, 0.4) is 0 Å². The summed E-state index contributed by atoms with van der Waals surface area (Å²) in [7, 11) is 0. The van der Waals surface area contributed by atoms with Gasteiger partial charge in [0.05, 0.1) is 17.3 Å². The van der Waals surface area contributed by atoms with Gasteiger partial charge < -0.3 is 16.0 Å². The zero-order chi connectivity index (χ0) is 12.5. The average Bonchev–Trinajstić information content (AvgIpc) is 2.86. The van der Waals surface area contributed by atoms with Crippen molar-refractivity contribution >= 4 is 22.5 Å². The molecule has 0 bridgehead atoms. The Labute approximate surface area is 104 Å². The normalized spacial score (nSPS) is 16.1. The SMILES string of the molecule is NC(=O)c1cc(N2CCNCC2)cc2cn[nH]c12. The highest BCUT2D eigenvalue weighted by Gasteiger charge is 2.15. The number of anilines is 1. The van der Waals surface area contributed by atoms with E-state index in [1.165, 1.54) is 0 Å². The summed E-state index contributed by atoms with van der Waals surface area (Å²) >= 11 is 0. The third-order valence-corrected chi connectivity index (χ3v) is 3.28. The number of primary amides is 1. The zero-order valence-corrected chi connectivity index (χ0v) is 9.94. The number of piperazine rings is 1. The number of fused-ring (bicyclic) bond motifs is 1. The second kappa shape index (κ2) is 4.30. The Balaban J connectivity index is 2.09. The monoisotopic (exact) mass is 245 g/mol. The Hall–Kier alpha value is -2.08. The molecule has 0 radical (unpaired) electrons. The molecule has 1 amide bonds. The number of nitrogens with zero attached hydrogens (tertiary/aromatic N) is 2. The van der Waals surface area contributed by atoms with Crippen LogP contribution < -0.4 is 16.0 Å². The van der Waals surface area contributed by atoms with Crippen molar-refractivity contribution in [2.75, 3.05) is 31.1 Å². The largest absolute Gasteiger partial charge is 0.369 e. The molecule has 1 aromatic heterocycles. The molecule has 2 aromatic rings. The standard InChI is InChI=1S/C12H15N5O/c13-12(18)10-6-9(17-3-1-14-2-4-17)5-8-7-15-16-11(8)10/h5-7,14H,1-4H2,(H2,13,18)(H,15,16). The number of nitrogens with two attached hydrogens (primary N) is 1. The number of carbonyl (C=O) groups is 1. The Kier molecular flexibility index (Phi) is 2.64. The quantitative estimate of drug-likeness (QED) is 0.699. The number of benzene rings is 1. The number of H-pyrrole nitrogens is 1. The lowest BCUT2D eigenvalue weighted by Gasteiger charge is -2.29. The van der Waals surface area contributed by atoms with Crippen LogP contribution in [0.15, 0.2) is 18.3 Å². The average molecular weight is 245 g/mol. The van der Waals surface area contributed by atoms with Gasteiger partial charge in [0, 0.05) is 37.3 Å². The van der Waals surface area contributed by atoms with Gasteiger partial charge in [-0.25, -0.2) is 0 Å². The van der Waals surface area contributed by atoms with E-state index in [0.717, 1.165) is 37.3 Å². The number of nitrogens with one attached hydrogen (secondary N) is 2. The molecule has 0 aliphatic carbocycles. The predicted molar refractivity (Wildman–Crippen MR) is 69.7 cm³/mol. The lowest BCUT2D eigenvalue weighted by Crippen LogP contribution is -2.43. The molecule has 0 unspecified atom stereocenters. The highest BCUT2D eigenvalue weighted by Crippen LogP contribution is 2.24. The number of rotatable bonds is 2. The Morgan fingerprint density at radius 2 is 2.11 bits per heavy atom. The number of aromatic amines is 1. The van der Waals surface area contributed by atoms with Gasteiger partial charge >= 0.3 is 0 Å². The number of carbonyl (C=O) groups excluding carboxylic acids is 1. The minimum atomic E-state index is -0.429. The van der Waals surface area contributed by atoms with Crippen molar-refractivity contribution in [3.8, 4) is 0 Å². The second-order valence-corrected chi connectivity index (χ2v) is 4.43. The predicted octanol–water partition coefficient (Wildman–Crippen LogP) is 0.0714. The summed E-state index contributed by atoms with van der Waals surface area (Å²) in [6.45, 7) is 3.77. The molecule has 18 heavy (non-hydrogen) atoms. The van der Waals surface area contributed by atoms with E-state index in [9.17, 15) is 4.79 Å². The van der Waals surface area contributed by atoms with Crippen molar-refractivity contribution < 1.29 is 4.79 Å². The van der Waals surface area contributed by atoms with Crippen molar-refractivity contribution in [3.63, 3.8) is 0 Å². The van der Waals surface area contributed by atoms with Gasteiger partial charge in [-0.05, 0) is 12.1 Å². The molecular formula is C12H15N5O. The number of aromatic nitrogens is 2. The van der Waals surface area contributed by atoms with Gasteiger partial charge in [-0.1, -0.05) is 0 Å². The minimum absolute atomic E-state index is 0.429. The summed E-state index contributed by atoms with van der Waals surface area (Å²) in [5, 5.41) is 11.0. The van der Waals surface area contributed by atoms with E-state index in [4.69, 9.17) is 5.73 Å². The third-order valence-electron chi connectivity index (χ3n) is 3.28. The molecule has 2 heterocycles. The van der Waals surface area contributed by atoms with Crippen LogP contribution in [0, 0.1) is 0 Å². The first-order chi connectivity index (χ1) is 8.75. The Morgan fingerprint density at radius 1 is 1.33 bits per heavy atom. The smallest absolute Gasteiger partial charge is 0.250 e. The first kappa shape index (κ1) is 11.0. The van der Waals surface area contributed by atoms with Gasteiger partial charge in [0.2, 0.25) is 0 Å². The van der Waals surface area contributed by atoms with Gasteiger partial charge in [0.1, 0.15) is 0 Å². The van der Waals surface area contributed by atoms with Gasteiger partial charge in [-0.15, -0.1) is 0 Å². The Morgan fingerprint density at radius 3 is 2.83 bits per heavy atom. The molecule has 94 valence electrons. The molecule has 1 fully saturated rings. The summed E-state index contributed by atoms with van der Waals surface area (Å²) in [6.07, 6.45) is 1.72. The highest BCUT2D eigenvalue weighted by atomic mass is 16.1. The first-order valence-corrected chi connectivity index (χ1v) is 5.98. The maximum absolute atomic E-state index is 11.5. The molecule has 3 rings (SSSR count). The van der Waals surface area contributed by atoms with Crippen LogP contribution in [-0.4, -0.2) is 42.3 Å². The first-order valence-electron chi connectivity index (χ1n) is 5.98. The third kappa shape index (κ3) is 1.80.